The lowest BCUT2D eigenvalue weighted by Gasteiger charge is -2.48. The van der Waals surface area contributed by atoms with Gasteiger partial charge < -0.3 is 10.2 Å². The first-order valence-electron chi connectivity index (χ1n) is 6.72. The van der Waals surface area contributed by atoms with E-state index >= 15 is 0 Å². The average molecular weight is 228 g/mol. The largest absolute Gasteiger partial charge is 0.396 e. The Morgan fingerprint density at radius 3 is 2.12 bits per heavy atom. The fourth-order valence-electron chi connectivity index (χ4n) is 2.98. The molecule has 16 heavy (non-hydrogen) atoms. The van der Waals surface area contributed by atoms with Gasteiger partial charge in [0.25, 0.3) is 0 Å². The highest BCUT2D eigenvalue weighted by atomic mass is 16.3. The van der Waals surface area contributed by atoms with E-state index < -0.39 is 5.60 Å². The van der Waals surface area contributed by atoms with Crippen molar-refractivity contribution < 1.29 is 10.2 Å². The predicted molar refractivity (Wildman–Crippen MR) is 67.2 cm³/mol. The minimum atomic E-state index is -0.651. The minimum absolute atomic E-state index is 0.0896. The zero-order valence-corrected chi connectivity index (χ0v) is 11.3. The van der Waals surface area contributed by atoms with Crippen molar-refractivity contribution >= 4 is 0 Å². The molecule has 2 heteroatoms. The van der Waals surface area contributed by atoms with Gasteiger partial charge in [0, 0.05) is 5.41 Å². The van der Waals surface area contributed by atoms with Crippen molar-refractivity contribution in [3.05, 3.63) is 0 Å². The van der Waals surface area contributed by atoms with Crippen LogP contribution in [0.15, 0.2) is 0 Å². The Balaban J connectivity index is 2.69. The molecule has 1 saturated carbocycles. The number of hydrogen-bond acceptors (Lipinski definition) is 2. The lowest BCUT2D eigenvalue weighted by molar-refractivity contribution is -0.132. The third kappa shape index (κ3) is 2.43. The van der Waals surface area contributed by atoms with Crippen molar-refractivity contribution in [3.63, 3.8) is 0 Å². The molecule has 1 rings (SSSR count). The Bertz CT molecular complexity index is 211. The maximum absolute atomic E-state index is 10.7. The summed E-state index contributed by atoms with van der Waals surface area (Å²) in [6.45, 7) is 8.69. The summed E-state index contributed by atoms with van der Waals surface area (Å²) in [6, 6.07) is 0. The third-order valence-corrected chi connectivity index (χ3v) is 5.05. The second kappa shape index (κ2) is 5.05. The first-order valence-corrected chi connectivity index (χ1v) is 6.72. The summed E-state index contributed by atoms with van der Waals surface area (Å²) >= 11 is 0. The normalized spacial score (nSPS) is 35.1. The van der Waals surface area contributed by atoms with E-state index in [0.717, 1.165) is 38.0 Å². The molecular weight excluding hydrogens is 200 g/mol. The summed E-state index contributed by atoms with van der Waals surface area (Å²) in [5.74, 6) is 1.46. The van der Waals surface area contributed by atoms with Crippen LogP contribution in [0.2, 0.25) is 0 Å². The SMILES string of the molecule is CCC(C)(CO)C1(O)CCC(C(C)C)CC1. The zero-order valence-electron chi connectivity index (χ0n) is 11.3. The molecule has 0 aromatic carbocycles. The molecule has 1 unspecified atom stereocenters. The van der Waals surface area contributed by atoms with Crippen LogP contribution in [-0.2, 0) is 0 Å². The van der Waals surface area contributed by atoms with Gasteiger partial charge in [0.1, 0.15) is 0 Å². The van der Waals surface area contributed by atoms with E-state index in [-0.39, 0.29) is 12.0 Å². The van der Waals surface area contributed by atoms with Crippen LogP contribution in [-0.4, -0.2) is 22.4 Å². The average Bonchev–Trinajstić information content (AvgIpc) is 2.28. The molecule has 0 radical (unpaired) electrons. The van der Waals surface area contributed by atoms with Gasteiger partial charge in [-0.3, -0.25) is 0 Å². The lowest BCUT2D eigenvalue weighted by atomic mass is 9.62. The fraction of sp³-hybridized carbons (Fsp3) is 1.00. The van der Waals surface area contributed by atoms with Crippen LogP contribution in [0.5, 0.6) is 0 Å². The molecule has 0 spiro atoms. The highest BCUT2D eigenvalue weighted by molar-refractivity contribution is 4.98. The quantitative estimate of drug-likeness (QED) is 0.776. The van der Waals surface area contributed by atoms with Crippen molar-refractivity contribution in [2.75, 3.05) is 6.61 Å². The van der Waals surface area contributed by atoms with Crippen LogP contribution < -0.4 is 0 Å². The van der Waals surface area contributed by atoms with E-state index in [2.05, 4.69) is 20.8 Å². The van der Waals surface area contributed by atoms with Crippen LogP contribution >= 0.6 is 0 Å². The summed E-state index contributed by atoms with van der Waals surface area (Å²) in [5, 5.41) is 20.2. The van der Waals surface area contributed by atoms with E-state index in [1.165, 1.54) is 0 Å². The Morgan fingerprint density at radius 1 is 1.31 bits per heavy atom. The summed E-state index contributed by atoms with van der Waals surface area (Å²) in [5.41, 5.74) is -0.975. The van der Waals surface area contributed by atoms with Gasteiger partial charge in [0.2, 0.25) is 0 Å². The van der Waals surface area contributed by atoms with Crippen molar-refractivity contribution in [2.24, 2.45) is 17.3 Å². The summed E-state index contributed by atoms with van der Waals surface area (Å²) in [6.07, 6.45) is 4.74. The van der Waals surface area contributed by atoms with Crippen LogP contribution in [0.1, 0.15) is 59.8 Å². The van der Waals surface area contributed by atoms with Gasteiger partial charge in [0.15, 0.2) is 0 Å². The molecule has 0 aliphatic heterocycles. The van der Waals surface area contributed by atoms with Crippen molar-refractivity contribution in [3.8, 4) is 0 Å². The first kappa shape index (κ1) is 14.0. The lowest BCUT2D eigenvalue weighted by Crippen LogP contribution is -2.51. The van der Waals surface area contributed by atoms with E-state index in [1.807, 2.05) is 6.92 Å². The monoisotopic (exact) mass is 228 g/mol. The molecule has 0 amide bonds. The van der Waals surface area contributed by atoms with Gasteiger partial charge in [-0.25, -0.2) is 0 Å². The molecule has 1 atom stereocenters. The summed E-state index contributed by atoms with van der Waals surface area (Å²) in [7, 11) is 0. The third-order valence-electron chi connectivity index (χ3n) is 5.05. The molecule has 2 nitrogen and oxygen atoms in total. The number of rotatable bonds is 4. The van der Waals surface area contributed by atoms with Gasteiger partial charge in [-0.1, -0.05) is 27.7 Å². The molecule has 0 aromatic rings. The Kier molecular flexibility index (Phi) is 4.42. The molecule has 96 valence electrons. The van der Waals surface area contributed by atoms with Crippen molar-refractivity contribution in [2.45, 2.75) is 65.4 Å². The molecule has 2 N–H and O–H groups in total. The van der Waals surface area contributed by atoms with Gasteiger partial charge in [0.05, 0.1) is 12.2 Å². The van der Waals surface area contributed by atoms with Crippen molar-refractivity contribution in [1.29, 1.82) is 0 Å². The topological polar surface area (TPSA) is 40.5 Å². The smallest absolute Gasteiger partial charge is 0.0723 e. The zero-order chi connectivity index (χ0) is 12.4. The molecule has 1 aliphatic rings. The molecule has 1 aliphatic carbocycles. The maximum Gasteiger partial charge on any atom is 0.0723 e. The Hall–Kier alpha value is -0.0800. The van der Waals surface area contributed by atoms with Crippen LogP contribution in [0, 0.1) is 17.3 Å². The van der Waals surface area contributed by atoms with Gasteiger partial charge in [-0.05, 0) is 43.9 Å². The number of aliphatic hydroxyl groups excluding tert-OH is 1. The predicted octanol–water partition coefficient (Wildman–Crippen LogP) is 2.97. The van der Waals surface area contributed by atoms with Gasteiger partial charge >= 0.3 is 0 Å². The molecule has 1 fully saturated rings. The van der Waals surface area contributed by atoms with Crippen LogP contribution in [0.4, 0.5) is 0 Å². The van der Waals surface area contributed by atoms with Crippen LogP contribution in [0.25, 0.3) is 0 Å². The summed E-state index contributed by atoms with van der Waals surface area (Å²) in [4.78, 5) is 0. The molecule has 0 heterocycles. The summed E-state index contributed by atoms with van der Waals surface area (Å²) < 4.78 is 0. The highest BCUT2D eigenvalue weighted by Gasteiger charge is 2.47. The fourth-order valence-corrected chi connectivity index (χ4v) is 2.98. The minimum Gasteiger partial charge on any atom is -0.396 e. The van der Waals surface area contributed by atoms with Crippen molar-refractivity contribution in [1.82, 2.24) is 0 Å². The van der Waals surface area contributed by atoms with Crippen LogP contribution in [0.3, 0.4) is 0 Å². The Morgan fingerprint density at radius 2 is 1.81 bits per heavy atom. The molecule has 0 aromatic heterocycles. The molecule has 0 bridgehead atoms. The first-order chi connectivity index (χ1) is 7.38. The van der Waals surface area contributed by atoms with E-state index in [1.54, 1.807) is 0 Å². The maximum atomic E-state index is 10.7. The highest BCUT2D eigenvalue weighted by Crippen LogP contribution is 2.46. The van der Waals surface area contributed by atoms with E-state index in [4.69, 9.17) is 0 Å². The number of hydrogen-bond donors (Lipinski definition) is 2. The van der Waals surface area contributed by atoms with E-state index in [9.17, 15) is 10.2 Å². The Labute approximate surface area is 100 Å². The van der Waals surface area contributed by atoms with E-state index in [0.29, 0.717) is 5.92 Å². The second-order valence-electron chi connectivity index (χ2n) is 6.19. The second-order valence-corrected chi connectivity index (χ2v) is 6.19. The van der Waals surface area contributed by atoms with Gasteiger partial charge in [-0.15, -0.1) is 0 Å². The molecular formula is C14H28O2. The number of aliphatic hydroxyl groups is 2. The standard InChI is InChI=1S/C14H28O2/c1-5-13(4,10-15)14(16)8-6-12(7-9-14)11(2)3/h11-12,15-16H,5-10H2,1-4H3. The van der Waals surface area contributed by atoms with Gasteiger partial charge in [-0.2, -0.15) is 0 Å². The molecule has 0 saturated heterocycles.